The molecule has 4 nitrogen and oxygen atoms in total. The lowest BCUT2D eigenvalue weighted by Gasteiger charge is -1.97. The van der Waals surface area contributed by atoms with Crippen LogP contribution in [0.2, 0.25) is 0 Å². The van der Waals surface area contributed by atoms with Gasteiger partial charge in [0.15, 0.2) is 5.69 Å². The summed E-state index contributed by atoms with van der Waals surface area (Å²) in [6.45, 7) is 0. The van der Waals surface area contributed by atoms with Gasteiger partial charge >= 0.3 is 5.97 Å². The maximum atomic E-state index is 10.5. The molecule has 0 saturated heterocycles. The molecule has 0 bridgehead atoms. The largest absolute Gasteiger partial charge is 0.476 e. The van der Waals surface area contributed by atoms with Gasteiger partial charge in [0.25, 0.3) is 0 Å². The summed E-state index contributed by atoms with van der Waals surface area (Å²) in [6, 6.07) is 0. The molecule has 0 amide bonds. The Labute approximate surface area is 67.7 Å². The molecule has 1 N–H and O–H groups in total. The molecule has 1 heterocycles. The standard InChI is InChI=1S/C6H6N2O2S/c1-11-4-2-7-3-8-5(4)6(9)10/h2-3H,1H3,(H,9,10). The van der Waals surface area contributed by atoms with Crippen molar-refractivity contribution in [3.63, 3.8) is 0 Å². The van der Waals surface area contributed by atoms with E-state index in [1.54, 1.807) is 6.26 Å². The van der Waals surface area contributed by atoms with Gasteiger partial charge in [0, 0.05) is 6.20 Å². The fourth-order valence-electron chi connectivity index (χ4n) is 0.627. The Morgan fingerprint density at radius 2 is 2.45 bits per heavy atom. The number of hydrogen-bond acceptors (Lipinski definition) is 4. The second-order valence-electron chi connectivity index (χ2n) is 1.74. The SMILES string of the molecule is CSc1cncnc1C(=O)O. The third-order valence-corrected chi connectivity index (χ3v) is 1.84. The average Bonchev–Trinajstić information content (AvgIpc) is 2.04. The fourth-order valence-corrected chi connectivity index (χ4v) is 1.13. The number of nitrogens with zero attached hydrogens (tertiary/aromatic N) is 2. The normalized spacial score (nSPS) is 9.55. The monoisotopic (exact) mass is 170 g/mol. The van der Waals surface area contributed by atoms with Crippen LogP contribution < -0.4 is 0 Å². The van der Waals surface area contributed by atoms with Crippen molar-refractivity contribution in [2.45, 2.75) is 4.90 Å². The topological polar surface area (TPSA) is 63.1 Å². The third-order valence-electron chi connectivity index (χ3n) is 1.10. The van der Waals surface area contributed by atoms with Crippen LogP contribution in [0.15, 0.2) is 17.4 Å². The summed E-state index contributed by atoms with van der Waals surface area (Å²) >= 11 is 1.32. The van der Waals surface area contributed by atoms with Gasteiger partial charge in [0.1, 0.15) is 6.33 Å². The molecule has 0 aliphatic heterocycles. The van der Waals surface area contributed by atoms with E-state index >= 15 is 0 Å². The molecule has 0 atom stereocenters. The molecule has 58 valence electrons. The van der Waals surface area contributed by atoms with Crippen LogP contribution in [-0.4, -0.2) is 27.3 Å². The molecular formula is C6H6N2O2S. The van der Waals surface area contributed by atoms with Crippen LogP contribution in [0.5, 0.6) is 0 Å². The van der Waals surface area contributed by atoms with E-state index in [9.17, 15) is 4.79 Å². The first-order chi connectivity index (χ1) is 5.25. The van der Waals surface area contributed by atoms with Gasteiger partial charge in [-0.1, -0.05) is 0 Å². The molecule has 5 heteroatoms. The second kappa shape index (κ2) is 3.34. The first-order valence-electron chi connectivity index (χ1n) is 2.83. The number of carboxylic acid groups (broad SMARTS) is 1. The number of carbonyl (C=O) groups is 1. The summed E-state index contributed by atoms with van der Waals surface area (Å²) in [7, 11) is 0. The van der Waals surface area contributed by atoms with E-state index in [1.165, 1.54) is 24.3 Å². The van der Waals surface area contributed by atoms with Crippen LogP contribution in [0, 0.1) is 0 Å². The molecule has 1 aromatic rings. The number of carboxylic acids is 1. The quantitative estimate of drug-likeness (QED) is 0.668. The molecule has 0 radical (unpaired) electrons. The molecule has 0 fully saturated rings. The van der Waals surface area contributed by atoms with Crippen molar-refractivity contribution in [3.8, 4) is 0 Å². The van der Waals surface area contributed by atoms with E-state index in [1.807, 2.05) is 0 Å². The number of aromatic carboxylic acids is 1. The number of thioether (sulfide) groups is 1. The molecule has 11 heavy (non-hydrogen) atoms. The summed E-state index contributed by atoms with van der Waals surface area (Å²) in [6.07, 6.45) is 4.50. The molecule has 1 aromatic heterocycles. The molecule has 0 aliphatic rings. The van der Waals surface area contributed by atoms with Gasteiger partial charge in [0.2, 0.25) is 0 Å². The Bertz CT molecular complexity index is 277. The highest BCUT2D eigenvalue weighted by atomic mass is 32.2. The minimum atomic E-state index is -1.02. The van der Waals surface area contributed by atoms with Crippen LogP contribution in [0.4, 0.5) is 0 Å². The Morgan fingerprint density at radius 3 is 2.91 bits per heavy atom. The first kappa shape index (κ1) is 8.00. The molecule has 1 rings (SSSR count). The Balaban J connectivity index is 3.12. The summed E-state index contributed by atoms with van der Waals surface area (Å²) in [5.74, 6) is -1.02. The third kappa shape index (κ3) is 1.68. The minimum Gasteiger partial charge on any atom is -0.476 e. The second-order valence-corrected chi connectivity index (χ2v) is 2.59. The molecule has 0 saturated carbocycles. The van der Waals surface area contributed by atoms with Gasteiger partial charge < -0.3 is 5.11 Å². The average molecular weight is 170 g/mol. The van der Waals surface area contributed by atoms with Crippen LogP contribution in [0.1, 0.15) is 10.5 Å². The zero-order valence-corrected chi connectivity index (χ0v) is 6.63. The molecule has 0 spiro atoms. The molecule has 0 aromatic carbocycles. The van der Waals surface area contributed by atoms with Crippen molar-refractivity contribution in [2.24, 2.45) is 0 Å². The van der Waals surface area contributed by atoms with Crippen molar-refractivity contribution in [2.75, 3.05) is 6.26 Å². The predicted octanol–water partition coefficient (Wildman–Crippen LogP) is 0.897. The molecular weight excluding hydrogens is 164 g/mol. The Morgan fingerprint density at radius 1 is 1.73 bits per heavy atom. The Kier molecular flexibility index (Phi) is 2.43. The minimum absolute atomic E-state index is 0.0625. The zero-order valence-electron chi connectivity index (χ0n) is 5.81. The van der Waals surface area contributed by atoms with Crippen LogP contribution in [0.3, 0.4) is 0 Å². The van der Waals surface area contributed by atoms with E-state index in [0.29, 0.717) is 4.90 Å². The van der Waals surface area contributed by atoms with Gasteiger partial charge in [-0.05, 0) is 6.26 Å². The van der Waals surface area contributed by atoms with Crippen LogP contribution >= 0.6 is 11.8 Å². The highest BCUT2D eigenvalue weighted by molar-refractivity contribution is 7.98. The van der Waals surface area contributed by atoms with Crippen molar-refractivity contribution in [1.29, 1.82) is 0 Å². The lowest BCUT2D eigenvalue weighted by Crippen LogP contribution is -2.02. The van der Waals surface area contributed by atoms with Gasteiger partial charge in [-0.15, -0.1) is 11.8 Å². The highest BCUT2D eigenvalue weighted by Gasteiger charge is 2.09. The number of rotatable bonds is 2. The fraction of sp³-hybridized carbons (Fsp3) is 0.167. The van der Waals surface area contributed by atoms with E-state index in [0.717, 1.165) is 0 Å². The number of hydrogen-bond donors (Lipinski definition) is 1. The van der Waals surface area contributed by atoms with Crippen molar-refractivity contribution < 1.29 is 9.90 Å². The lowest BCUT2D eigenvalue weighted by molar-refractivity contribution is 0.0686. The Hall–Kier alpha value is -1.10. The predicted molar refractivity (Wildman–Crippen MR) is 40.8 cm³/mol. The smallest absolute Gasteiger partial charge is 0.355 e. The molecule has 0 unspecified atom stereocenters. The first-order valence-corrected chi connectivity index (χ1v) is 4.05. The van der Waals surface area contributed by atoms with Crippen LogP contribution in [0.25, 0.3) is 0 Å². The van der Waals surface area contributed by atoms with Crippen molar-refractivity contribution >= 4 is 17.7 Å². The van der Waals surface area contributed by atoms with E-state index in [-0.39, 0.29) is 5.69 Å². The summed E-state index contributed by atoms with van der Waals surface area (Å²) < 4.78 is 0. The van der Waals surface area contributed by atoms with Gasteiger partial charge in [-0.25, -0.2) is 14.8 Å². The highest BCUT2D eigenvalue weighted by Crippen LogP contribution is 2.15. The van der Waals surface area contributed by atoms with Crippen LogP contribution in [-0.2, 0) is 0 Å². The zero-order chi connectivity index (χ0) is 8.27. The maximum Gasteiger partial charge on any atom is 0.355 e. The maximum absolute atomic E-state index is 10.5. The van der Waals surface area contributed by atoms with Gasteiger partial charge in [-0.3, -0.25) is 0 Å². The summed E-state index contributed by atoms with van der Waals surface area (Å²) in [5.41, 5.74) is 0.0625. The summed E-state index contributed by atoms with van der Waals surface area (Å²) in [5, 5.41) is 8.59. The van der Waals surface area contributed by atoms with E-state index in [2.05, 4.69) is 9.97 Å². The molecule has 0 aliphatic carbocycles. The number of aromatic nitrogens is 2. The van der Waals surface area contributed by atoms with Gasteiger partial charge in [-0.2, -0.15) is 0 Å². The van der Waals surface area contributed by atoms with E-state index < -0.39 is 5.97 Å². The van der Waals surface area contributed by atoms with Crippen molar-refractivity contribution in [1.82, 2.24) is 9.97 Å². The van der Waals surface area contributed by atoms with Crippen molar-refractivity contribution in [3.05, 3.63) is 18.2 Å². The lowest BCUT2D eigenvalue weighted by atomic mass is 10.4. The van der Waals surface area contributed by atoms with E-state index in [4.69, 9.17) is 5.11 Å². The summed E-state index contributed by atoms with van der Waals surface area (Å²) in [4.78, 5) is 18.4. The van der Waals surface area contributed by atoms with Gasteiger partial charge in [0.05, 0.1) is 4.90 Å².